The molecule has 0 unspecified atom stereocenters. The smallest absolute Gasteiger partial charge is 0.0360 e. The maximum absolute atomic E-state index is 2.87. The molecule has 1 aliphatic carbocycles. The minimum Gasteiger partial charge on any atom is -0.285 e. The molecule has 1 heteroatoms. The Morgan fingerprint density at radius 3 is 2.39 bits per heavy atom. The highest BCUT2D eigenvalue weighted by Crippen LogP contribution is 2.43. The molecule has 1 fully saturated rings. The zero-order valence-corrected chi connectivity index (χ0v) is 19.5. The molecule has 2 aromatic rings. The monoisotopic (exact) mass is 413 g/mol. The Balaban J connectivity index is 1.73. The Morgan fingerprint density at radius 1 is 0.903 bits per heavy atom. The lowest BCUT2D eigenvalue weighted by atomic mass is 9.76. The van der Waals surface area contributed by atoms with E-state index in [4.69, 9.17) is 0 Å². The molecule has 0 spiro atoms. The van der Waals surface area contributed by atoms with E-state index in [1.807, 2.05) is 0 Å². The standard InChI is InChI=1S/C30H39N/c1-3-4-5-12-20-30-28(22-25-15-8-6-9-16-25)24(2)27-19-13-14-21-29(27)31(30)23-26-17-10-7-11-18-26/h6-11,15-18,22,29-30H,3-5,12-14,19-21,23H2,1-2H3/b28-22-/t29-,30+/m1/s1. The average Bonchev–Trinajstić information content (AvgIpc) is 2.82. The molecule has 2 aliphatic rings. The lowest BCUT2D eigenvalue weighted by Gasteiger charge is -2.48. The van der Waals surface area contributed by atoms with Crippen molar-refractivity contribution >= 4 is 6.08 Å². The largest absolute Gasteiger partial charge is 0.285 e. The molecular weight excluding hydrogens is 374 g/mol. The van der Waals surface area contributed by atoms with Gasteiger partial charge in [-0.1, -0.05) is 99.7 Å². The summed E-state index contributed by atoms with van der Waals surface area (Å²) in [5, 5.41) is 0. The summed E-state index contributed by atoms with van der Waals surface area (Å²) in [4.78, 5) is 2.87. The maximum Gasteiger partial charge on any atom is 0.0360 e. The topological polar surface area (TPSA) is 3.24 Å². The predicted octanol–water partition coefficient (Wildman–Crippen LogP) is 8.18. The number of fused-ring (bicyclic) bond motifs is 1. The van der Waals surface area contributed by atoms with E-state index in [0.717, 1.165) is 6.54 Å². The third-order valence-corrected chi connectivity index (χ3v) is 7.31. The Bertz CT molecular complexity index is 877. The molecule has 31 heavy (non-hydrogen) atoms. The zero-order valence-electron chi connectivity index (χ0n) is 19.5. The van der Waals surface area contributed by atoms with E-state index in [1.54, 1.807) is 16.7 Å². The number of nitrogens with zero attached hydrogens (tertiary/aromatic N) is 1. The molecule has 0 bridgehead atoms. The third-order valence-electron chi connectivity index (χ3n) is 7.31. The Labute approximate surface area is 189 Å². The second-order valence-corrected chi connectivity index (χ2v) is 9.45. The molecule has 0 N–H and O–H groups in total. The van der Waals surface area contributed by atoms with Crippen molar-refractivity contribution in [3.8, 4) is 0 Å². The summed E-state index contributed by atoms with van der Waals surface area (Å²) in [6, 6.07) is 23.2. The van der Waals surface area contributed by atoms with Gasteiger partial charge in [-0.15, -0.1) is 0 Å². The first-order chi connectivity index (χ1) is 15.3. The van der Waals surface area contributed by atoms with Crippen molar-refractivity contribution in [2.75, 3.05) is 0 Å². The fraction of sp³-hybridized carbons (Fsp3) is 0.467. The fourth-order valence-electron chi connectivity index (χ4n) is 5.66. The van der Waals surface area contributed by atoms with Crippen molar-refractivity contribution < 1.29 is 0 Å². The van der Waals surface area contributed by atoms with Gasteiger partial charge in [0.25, 0.3) is 0 Å². The first-order valence-electron chi connectivity index (χ1n) is 12.5. The summed E-state index contributed by atoms with van der Waals surface area (Å²) in [5.74, 6) is 0. The molecule has 1 saturated carbocycles. The molecule has 0 aromatic heterocycles. The van der Waals surface area contributed by atoms with Gasteiger partial charge in [0.15, 0.2) is 0 Å². The van der Waals surface area contributed by atoms with E-state index in [0.29, 0.717) is 12.1 Å². The van der Waals surface area contributed by atoms with Crippen molar-refractivity contribution in [3.05, 3.63) is 88.5 Å². The summed E-state index contributed by atoms with van der Waals surface area (Å²) in [5.41, 5.74) is 7.67. The van der Waals surface area contributed by atoms with Gasteiger partial charge in [-0.3, -0.25) is 4.90 Å². The normalized spacial score (nSPS) is 23.2. The van der Waals surface area contributed by atoms with Gasteiger partial charge in [0.05, 0.1) is 0 Å². The van der Waals surface area contributed by atoms with Crippen molar-refractivity contribution in [2.45, 2.75) is 90.3 Å². The molecule has 1 nitrogen and oxygen atoms in total. The highest BCUT2D eigenvalue weighted by molar-refractivity contribution is 5.62. The molecule has 1 aliphatic heterocycles. The number of rotatable bonds is 8. The van der Waals surface area contributed by atoms with Crippen LogP contribution in [0.25, 0.3) is 6.08 Å². The van der Waals surface area contributed by atoms with Crippen LogP contribution in [0.3, 0.4) is 0 Å². The van der Waals surface area contributed by atoms with Crippen molar-refractivity contribution in [2.24, 2.45) is 0 Å². The van der Waals surface area contributed by atoms with Crippen molar-refractivity contribution in [1.82, 2.24) is 4.90 Å². The summed E-state index contributed by atoms with van der Waals surface area (Å²) in [6.07, 6.45) is 14.4. The van der Waals surface area contributed by atoms with E-state index in [1.165, 1.54) is 68.9 Å². The molecule has 2 aromatic carbocycles. The van der Waals surface area contributed by atoms with Gasteiger partial charge < -0.3 is 0 Å². The fourth-order valence-corrected chi connectivity index (χ4v) is 5.66. The van der Waals surface area contributed by atoms with Gasteiger partial charge in [-0.2, -0.15) is 0 Å². The highest BCUT2D eigenvalue weighted by atomic mass is 15.2. The first-order valence-corrected chi connectivity index (χ1v) is 12.5. The van der Waals surface area contributed by atoms with Crippen LogP contribution < -0.4 is 0 Å². The lowest BCUT2D eigenvalue weighted by molar-refractivity contribution is 0.127. The SMILES string of the molecule is CCCCCC[C@H]1/C(=C\c2ccccc2)C(C)=C2CCCC[C@H]2N1Cc1ccccc1. The molecule has 164 valence electrons. The van der Waals surface area contributed by atoms with E-state index >= 15 is 0 Å². The number of benzene rings is 2. The van der Waals surface area contributed by atoms with Gasteiger partial charge in [0, 0.05) is 18.6 Å². The average molecular weight is 414 g/mol. The van der Waals surface area contributed by atoms with Crippen molar-refractivity contribution in [3.63, 3.8) is 0 Å². The Hall–Kier alpha value is -2.12. The van der Waals surface area contributed by atoms with Gasteiger partial charge in [0.1, 0.15) is 0 Å². The van der Waals surface area contributed by atoms with Crippen LogP contribution in [-0.2, 0) is 6.54 Å². The van der Waals surface area contributed by atoms with E-state index in [-0.39, 0.29) is 0 Å². The maximum atomic E-state index is 2.87. The Kier molecular flexibility index (Phi) is 7.81. The quantitative estimate of drug-likeness (QED) is 0.394. The highest BCUT2D eigenvalue weighted by Gasteiger charge is 2.38. The summed E-state index contributed by atoms with van der Waals surface area (Å²) < 4.78 is 0. The summed E-state index contributed by atoms with van der Waals surface area (Å²) >= 11 is 0. The second-order valence-electron chi connectivity index (χ2n) is 9.45. The van der Waals surface area contributed by atoms with Crippen LogP contribution >= 0.6 is 0 Å². The second kappa shape index (κ2) is 11.0. The minimum absolute atomic E-state index is 0.518. The lowest BCUT2D eigenvalue weighted by Crippen LogP contribution is -2.49. The van der Waals surface area contributed by atoms with E-state index in [2.05, 4.69) is 85.5 Å². The number of hydrogen-bond donors (Lipinski definition) is 0. The van der Waals surface area contributed by atoms with E-state index in [9.17, 15) is 0 Å². The molecular formula is C30H39N. The third kappa shape index (κ3) is 5.39. The Morgan fingerprint density at radius 2 is 1.65 bits per heavy atom. The van der Waals surface area contributed by atoms with Crippen LogP contribution in [0.4, 0.5) is 0 Å². The zero-order chi connectivity index (χ0) is 21.5. The molecule has 0 radical (unpaired) electrons. The van der Waals surface area contributed by atoms with Crippen LogP contribution in [0.1, 0.15) is 82.8 Å². The van der Waals surface area contributed by atoms with Crippen molar-refractivity contribution in [1.29, 1.82) is 0 Å². The van der Waals surface area contributed by atoms with Gasteiger partial charge >= 0.3 is 0 Å². The molecule has 2 atom stereocenters. The van der Waals surface area contributed by atoms with Crippen LogP contribution in [0.5, 0.6) is 0 Å². The van der Waals surface area contributed by atoms with Crippen LogP contribution in [-0.4, -0.2) is 17.0 Å². The predicted molar refractivity (Wildman–Crippen MR) is 134 cm³/mol. The van der Waals surface area contributed by atoms with E-state index < -0.39 is 0 Å². The molecule has 4 rings (SSSR count). The summed E-state index contributed by atoms with van der Waals surface area (Å²) in [7, 11) is 0. The number of unbranched alkanes of at least 4 members (excludes halogenated alkanes) is 3. The minimum atomic E-state index is 0.518. The van der Waals surface area contributed by atoms with Crippen LogP contribution in [0.2, 0.25) is 0 Å². The van der Waals surface area contributed by atoms with Gasteiger partial charge in [-0.05, 0) is 66.5 Å². The molecule has 1 heterocycles. The number of hydrogen-bond acceptors (Lipinski definition) is 1. The summed E-state index contributed by atoms with van der Waals surface area (Å²) in [6.45, 7) is 5.79. The van der Waals surface area contributed by atoms with Gasteiger partial charge in [-0.25, -0.2) is 0 Å². The first kappa shape index (κ1) is 22.1. The van der Waals surface area contributed by atoms with Crippen LogP contribution in [0.15, 0.2) is 77.4 Å². The van der Waals surface area contributed by atoms with Gasteiger partial charge in [0.2, 0.25) is 0 Å². The molecule has 0 amide bonds. The van der Waals surface area contributed by atoms with Crippen LogP contribution in [0, 0.1) is 0 Å². The molecule has 0 saturated heterocycles.